The fraction of sp³-hybridized carbons (Fsp3) is 1.00. The molecule has 16 heavy (non-hydrogen) atoms. The van der Waals surface area contributed by atoms with Gasteiger partial charge in [-0.3, -0.25) is 4.90 Å². The van der Waals surface area contributed by atoms with E-state index in [1.54, 1.807) is 7.11 Å². The predicted octanol–water partition coefficient (Wildman–Crippen LogP) is 1.73. The summed E-state index contributed by atoms with van der Waals surface area (Å²) in [4.78, 5) is 2.65. The lowest BCUT2D eigenvalue weighted by molar-refractivity contribution is 0.0174. The third-order valence-electron chi connectivity index (χ3n) is 3.65. The van der Waals surface area contributed by atoms with Crippen molar-refractivity contribution < 1.29 is 4.74 Å². The maximum absolute atomic E-state index is 5.35. The molecule has 1 heterocycles. The Morgan fingerprint density at radius 1 is 1.44 bits per heavy atom. The zero-order chi connectivity index (χ0) is 12.1. The van der Waals surface area contributed by atoms with Crippen molar-refractivity contribution in [2.45, 2.75) is 52.2 Å². The Balaban J connectivity index is 2.68. The summed E-state index contributed by atoms with van der Waals surface area (Å²) < 4.78 is 5.35. The molecule has 1 saturated heterocycles. The van der Waals surface area contributed by atoms with Gasteiger partial charge in [-0.25, -0.2) is 0 Å². The lowest BCUT2D eigenvalue weighted by Crippen LogP contribution is -2.61. The largest absolute Gasteiger partial charge is 0.383 e. The van der Waals surface area contributed by atoms with Crippen LogP contribution in [0.2, 0.25) is 0 Å². The number of methoxy groups -OCH3 is 1. The van der Waals surface area contributed by atoms with Gasteiger partial charge in [0, 0.05) is 38.3 Å². The number of ether oxygens (including phenoxy) is 1. The molecular weight excluding hydrogens is 200 g/mol. The van der Waals surface area contributed by atoms with Gasteiger partial charge in [-0.1, -0.05) is 20.8 Å². The highest BCUT2D eigenvalue weighted by molar-refractivity contribution is 4.89. The molecule has 0 aromatic carbocycles. The van der Waals surface area contributed by atoms with E-state index in [1.807, 2.05) is 0 Å². The van der Waals surface area contributed by atoms with Gasteiger partial charge in [0.05, 0.1) is 6.61 Å². The van der Waals surface area contributed by atoms with Crippen molar-refractivity contribution >= 4 is 0 Å². The summed E-state index contributed by atoms with van der Waals surface area (Å²) in [6, 6.07) is 1.82. The summed E-state index contributed by atoms with van der Waals surface area (Å²) in [6.07, 6.45) is 1.17. The van der Waals surface area contributed by atoms with Crippen LogP contribution >= 0.6 is 0 Å². The molecule has 3 atom stereocenters. The molecule has 0 aromatic rings. The Labute approximate surface area is 101 Å². The van der Waals surface area contributed by atoms with Crippen LogP contribution in [0.1, 0.15) is 34.1 Å². The summed E-state index contributed by atoms with van der Waals surface area (Å²) in [7, 11) is 1.80. The molecule has 96 valence electrons. The smallest absolute Gasteiger partial charge is 0.0618 e. The van der Waals surface area contributed by atoms with Crippen LogP contribution in [0.25, 0.3) is 0 Å². The first kappa shape index (κ1) is 13.9. The Morgan fingerprint density at radius 3 is 2.62 bits per heavy atom. The Bertz CT molecular complexity index is 196. The first-order valence-corrected chi connectivity index (χ1v) is 6.58. The molecule has 3 nitrogen and oxygen atoms in total. The molecule has 1 fully saturated rings. The van der Waals surface area contributed by atoms with E-state index in [1.165, 1.54) is 6.42 Å². The molecule has 0 aliphatic carbocycles. The van der Waals surface area contributed by atoms with Crippen molar-refractivity contribution in [2.75, 3.05) is 26.8 Å². The molecule has 0 bridgehead atoms. The van der Waals surface area contributed by atoms with Crippen LogP contribution in [0.3, 0.4) is 0 Å². The molecule has 0 saturated carbocycles. The van der Waals surface area contributed by atoms with Gasteiger partial charge in [0.15, 0.2) is 0 Å². The average molecular weight is 228 g/mol. The number of hydrogen-bond donors (Lipinski definition) is 1. The van der Waals surface area contributed by atoms with Crippen molar-refractivity contribution in [1.82, 2.24) is 10.2 Å². The highest BCUT2D eigenvalue weighted by atomic mass is 16.5. The van der Waals surface area contributed by atoms with E-state index in [4.69, 9.17) is 4.74 Å². The topological polar surface area (TPSA) is 24.5 Å². The zero-order valence-electron chi connectivity index (χ0n) is 11.5. The normalized spacial score (nSPS) is 29.6. The number of nitrogens with zero attached hydrogens (tertiary/aromatic N) is 1. The molecule has 0 spiro atoms. The van der Waals surface area contributed by atoms with Crippen LogP contribution in [0, 0.1) is 5.92 Å². The first-order valence-electron chi connectivity index (χ1n) is 6.58. The molecule has 3 heteroatoms. The molecule has 1 rings (SSSR count). The summed E-state index contributed by atoms with van der Waals surface area (Å²) in [5.74, 6) is 0.700. The van der Waals surface area contributed by atoms with E-state index in [0.29, 0.717) is 24.0 Å². The SMILES string of the molecule is CCC(COC)N1CC(C)NCC1C(C)C. The number of hydrogen-bond acceptors (Lipinski definition) is 3. The number of rotatable bonds is 5. The van der Waals surface area contributed by atoms with Gasteiger partial charge < -0.3 is 10.1 Å². The average Bonchev–Trinajstić information content (AvgIpc) is 2.25. The zero-order valence-corrected chi connectivity index (χ0v) is 11.5. The van der Waals surface area contributed by atoms with Crippen LogP contribution < -0.4 is 5.32 Å². The van der Waals surface area contributed by atoms with Gasteiger partial charge in [-0.05, 0) is 19.3 Å². The van der Waals surface area contributed by atoms with Gasteiger partial charge in [-0.15, -0.1) is 0 Å². The first-order chi connectivity index (χ1) is 7.60. The van der Waals surface area contributed by atoms with Gasteiger partial charge >= 0.3 is 0 Å². The third-order valence-corrected chi connectivity index (χ3v) is 3.65. The maximum Gasteiger partial charge on any atom is 0.0618 e. The van der Waals surface area contributed by atoms with E-state index < -0.39 is 0 Å². The fourth-order valence-corrected chi connectivity index (χ4v) is 2.63. The summed E-state index contributed by atoms with van der Waals surface area (Å²) >= 11 is 0. The van der Waals surface area contributed by atoms with Gasteiger partial charge in [-0.2, -0.15) is 0 Å². The van der Waals surface area contributed by atoms with E-state index in [0.717, 1.165) is 19.7 Å². The molecule has 0 aromatic heterocycles. The molecular formula is C13H28N2O. The molecule has 0 radical (unpaired) electrons. The standard InChI is InChI=1S/C13H28N2O/c1-6-12(9-16-5)15-8-11(4)14-7-13(15)10(2)3/h10-14H,6-9H2,1-5H3. The molecule has 0 amide bonds. The fourth-order valence-electron chi connectivity index (χ4n) is 2.63. The highest BCUT2D eigenvalue weighted by Crippen LogP contribution is 2.19. The van der Waals surface area contributed by atoms with Crippen LogP contribution in [0.15, 0.2) is 0 Å². The molecule has 1 aliphatic rings. The second-order valence-corrected chi connectivity index (χ2v) is 5.33. The van der Waals surface area contributed by atoms with Crippen molar-refractivity contribution in [3.8, 4) is 0 Å². The monoisotopic (exact) mass is 228 g/mol. The Hall–Kier alpha value is -0.120. The summed E-state index contributed by atoms with van der Waals surface area (Å²) in [5, 5.41) is 3.58. The lowest BCUT2D eigenvalue weighted by atomic mass is 9.96. The quantitative estimate of drug-likeness (QED) is 0.775. The molecule has 1 N–H and O–H groups in total. The van der Waals surface area contributed by atoms with E-state index in [2.05, 4.69) is 37.9 Å². The minimum atomic E-state index is 0.571. The number of piperazine rings is 1. The van der Waals surface area contributed by atoms with Crippen molar-refractivity contribution in [2.24, 2.45) is 5.92 Å². The van der Waals surface area contributed by atoms with Crippen LogP contribution in [-0.2, 0) is 4.74 Å². The summed E-state index contributed by atoms with van der Waals surface area (Å²) in [6.45, 7) is 12.3. The Kier molecular flexibility index (Phi) is 5.73. The van der Waals surface area contributed by atoms with Crippen molar-refractivity contribution in [1.29, 1.82) is 0 Å². The van der Waals surface area contributed by atoms with Gasteiger partial charge in [0.1, 0.15) is 0 Å². The Morgan fingerprint density at radius 2 is 2.12 bits per heavy atom. The van der Waals surface area contributed by atoms with E-state index >= 15 is 0 Å². The minimum absolute atomic E-state index is 0.571. The molecule has 3 unspecified atom stereocenters. The predicted molar refractivity (Wildman–Crippen MR) is 68.8 cm³/mol. The van der Waals surface area contributed by atoms with E-state index in [9.17, 15) is 0 Å². The van der Waals surface area contributed by atoms with Crippen molar-refractivity contribution in [3.63, 3.8) is 0 Å². The molecule has 1 aliphatic heterocycles. The van der Waals surface area contributed by atoms with E-state index in [-0.39, 0.29) is 0 Å². The summed E-state index contributed by atoms with van der Waals surface area (Å²) in [5.41, 5.74) is 0. The van der Waals surface area contributed by atoms with Gasteiger partial charge in [0.2, 0.25) is 0 Å². The highest BCUT2D eigenvalue weighted by Gasteiger charge is 2.32. The minimum Gasteiger partial charge on any atom is -0.383 e. The lowest BCUT2D eigenvalue weighted by Gasteiger charge is -2.45. The maximum atomic E-state index is 5.35. The van der Waals surface area contributed by atoms with Crippen molar-refractivity contribution in [3.05, 3.63) is 0 Å². The van der Waals surface area contributed by atoms with Crippen LogP contribution in [0.4, 0.5) is 0 Å². The van der Waals surface area contributed by atoms with Crippen LogP contribution in [0.5, 0.6) is 0 Å². The van der Waals surface area contributed by atoms with Gasteiger partial charge in [0.25, 0.3) is 0 Å². The second kappa shape index (κ2) is 6.58. The third kappa shape index (κ3) is 3.44. The van der Waals surface area contributed by atoms with Crippen LogP contribution in [-0.4, -0.2) is 49.8 Å². The second-order valence-electron chi connectivity index (χ2n) is 5.33. The number of nitrogens with one attached hydrogen (secondary N) is 1.